The van der Waals surface area contributed by atoms with Crippen molar-refractivity contribution in [1.82, 2.24) is 15.1 Å². The highest BCUT2D eigenvalue weighted by Crippen LogP contribution is 2.39. The third-order valence-corrected chi connectivity index (χ3v) is 5.33. The van der Waals surface area contributed by atoms with Crippen molar-refractivity contribution in [2.24, 2.45) is 0 Å². The number of rotatable bonds is 5. The molecular weight excluding hydrogens is 353 g/mol. The Balaban J connectivity index is 2.10. The summed E-state index contributed by atoms with van der Waals surface area (Å²) in [6.07, 6.45) is 0. The molecule has 1 heterocycles. The van der Waals surface area contributed by atoms with Crippen molar-refractivity contribution >= 4 is 23.7 Å². The van der Waals surface area contributed by atoms with Crippen molar-refractivity contribution in [3.05, 3.63) is 35.6 Å². The molecule has 1 aliphatic heterocycles. The van der Waals surface area contributed by atoms with E-state index in [0.29, 0.717) is 24.4 Å². The Bertz CT molecular complexity index is 660. The number of urea groups is 1. The van der Waals surface area contributed by atoms with Crippen LogP contribution < -0.4 is 5.32 Å². The lowest BCUT2D eigenvalue weighted by atomic mass is 10.1. The average molecular weight is 382 g/mol. The summed E-state index contributed by atoms with van der Waals surface area (Å²) in [5, 5.41) is 2.61. The Hall–Kier alpha value is -1.76. The zero-order valence-corrected chi connectivity index (χ0v) is 16.9. The molecule has 1 atom stereocenters. The van der Waals surface area contributed by atoms with E-state index >= 15 is 0 Å². The molecule has 2 rings (SSSR count). The molecule has 1 unspecified atom stereocenters. The number of carbonyl (C=O) groups is 2. The van der Waals surface area contributed by atoms with Gasteiger partial charge in [0.25, 0.3) is 0 Å². The Morgan fingerprint density at radius 2 is 2.04 bits per heavy atom. The predicted molar refractivity (Wildman–Crippen MR) is 103 cm³/mol. The number of halogens is 1. The molecule has 5 nitrogen and oxygen atoms in total. The number of benzene rings is 1. The van der Waals surface area contributed by atoms with Gasteiger partial charge in [0.1, 0.15) is 11.2 Å². The van der Waals surface area contributed by atoms with Gasteiger partial charge in [-0.05, 0) is 40.7 Å². The third-order valence-electron chi connectivity index (χ3n) is 4.09. The fraction of sp³-hybridized carbons (Fsp3) is 0.579. The number of hydrogen-bond acceptors (Lipinski definition) is 3. The Morgan fingerprint density at radius 3 is 2.62 bits per heavy atom. The van der Waals surface area contributed by atoms with Crippen LogP contribution in [0.5, 0.6) is 0 Å². The zero-order valence-electron chi connectivity index (χ0n) is 16.1. The van der Waals surface area contributed by atoms with Crippen LogP contribution in [0.25, 0.3) is 0 Å². The van der Waals surface area contributed by atoms with E-state index in [0.717, 1.165) is 0 Å². The van der Waals surface area contributed by atoms with Gasteiger partial charge >= 0.3 is 6.03 Å². The fourth-order valence-corrected chi connectivity index (χ4v) is 4.07. The predicted octanol–water partition coefficient (Wildman–Crippen LogP) is 3.62. The van der Waals surface area contributed by atoms with Crippen LogP contribution in [0.15, 0.2) is 24.3 Å². The second kappa shape index (κ2) is 8.29. The van der Waals surface area contributed by atoms with E-state index in [-0.39, 0.29) is 34.7 Å². The number of carbonyl (C=O) groups excluding carboxylic acids is 2. The van der Waals surface area contributed by atoms with Crippen molar-refractivity contribution < 1.29 is 14.0 Å². The summed E-state index contributed by atoms with van der Waals surface area (Å²) < 4.78 is 14.2. The maximum atomic E-state index is 14.2. The smallest absolute Gasteiger partial charge is 0.318 e. The van der Waals surface area contributed by atoms with Crippen LogP contribution in [-0.2, 0) is 4.79 Å². The first kappa shape index (κ1) is 20.6. The monoisotopic (exact) mass is 381 g/mol. The standard InChI is InChI=1S/C19H28FN3O2S/c1-13(2)22(18(25)21-19(3,4)5)10-11-23-16(24)12-26-17(23)14-8-6-7-9-15(14)20/h6-9,13,17H,10-12H2,1-5H3,(H,21,25). The molecule has 0 aliphatic carbocycles. The van der Waals surface area contributed by atoms with Gasteiger partial charge in [0, 0.05) is 30.2 Å². The summed E-state index contributed by atoms with van der Waals surface area (Å²) in [7, 11) is 0. The minimum Gasteiger partial charge on any atom is -0.333 e. The molecule has 0 aromatic heterocycles. The van der Waals surface area contributed by atoms with E-state index in [2.05, 4.69) is 5.32 Å². The first-order chi connectivity index (χ1) is 12.1. The lowest BCUT2D eigenvalue weighted by Crippen LogP contribution is -2.52. The van der Waals surface area contributed by atoms with Gasteiger partial charge in [0.2, 0.25) is 5.91 Å². The zero-order chi connectivity index (χ0) is 19.5. The van der Waals surface area contributed by atoms with Crippen LogP contribution in [0.1, 0.15) is 45.6 Å². The summed E-state index contributed by atoms with van der Waals surface area (Å²) in [5.74, 6) is -0.00594. The van der Waals surface area contributed by atoms with E-state index in [9.17, 15) is 14.0 Å². The van der Waals surface area contributed by atoms with Gasteiger partial charge in [0.05, 0.1) is 5.75 Å². The molecule has 1 aromatic carbocycles. The van der Waals surface area contributed by atoms with Gasteiger partial charge in [-0.3, -0.25) is 4.79 Å². The topological polar surface area (TPSA) is 52.7 Å². The first-order valence-electron chi connectivity index (χ1n) is 8.84. The molecule has 0 radical (unpaired) electrons. The molecule has 3 amide bonds. The number of hydrogen-bond donors (Lipinski definition) is 1. The summed E-state index contributed by atoms with van der Waals surface area (Å²) in [4.78, 5) is 28.2. The van der Waals surface area contributed by atoms with E-state index in [1.807, 2.05) is 34.6 Å². The molecule has 7 heteroatoms. The minimum atomic E-state index is -0.344. The van der Waals surface area contributed by atoms with Gasteiger partial charge in [-0.1, -0.05) is 18.2 Å². The molecule has 0 bridgehead atoms. The van der Waals surface area contributed by atoms with Crippen LogP contribution in [0, 0.1) is 5.82 Å². The van der Waals surface area contributed by atoms with Crippen LogP contribution in [0.3, 0.4) is 0 Å². The maximum Gasteiger partial charge on any atom is 0.318 e. The highest BCUT2D eigenvalue weighted by Gasteiger charge is 2.35. The molecule has 0 spiro atoms. The number of nitrogens with zero attached hydrogens (tertiary/aromatic N) is 2. The lowest BCUT2D eigenvalue weighted by molar-refractivity contribution is -0.128. The van der Waals surface area contributed by atoms with Crippen molar-refractivity contribution in [3.63, 3.8) is 0 Å². The van der Waals surface area contributed by atoms with Crippen LogP contribution >= 0.6 is 11.8 Å². The van der Waals surface area contributed by atoms with Gasteiger partial charge < -0.3 is 15.1 Å². The maximum absolute atomic E-state index is 14.2. The van der Waals surface area contributed by atoms with Gasteiger partial charge in [0.15, 0.2) is 0 Å². The summed E-state index contributed by atoms with van der Waals surface area (Å²) in [6, 6.07) is 6.38. The quantitative estimate of drug-likeness (QED) is 0.848. The van der Waals surface area contributed by atoms with E-state index in [1.165, 1.54) is 17.8 Å². The van der Waals surface area contributed by atoms with Crippen molar-refractivity contribution in [2.75, 3.05) is 18.8 Å². The number of nitrogens with one attached hydrogen (secondary N) is 1. The molecule has 1 N–H and O–H groups in total. The Labute approximate surface area is 159 Å². The second-order valence-electron chi connectivity index (χ2n) is 7.74. The molecule has 1 aromatic rings. The molecule has 1 saturated heterocycles. The van der Waals surface area contributed by atoms with Crippen molar-refractivity contribution in [1.29, 1.82) is 0 Å². The summed E-state index contributed by atoms with van der Waals surface area (Å²) in [6.45, 7) is 10.4. The van der Waals surface area contributed by atoms with Crippen LogP contribution in [0.2, 0.25) is 0 Å². The minimum absolute atomic E-state index is 0.00498. The normalized spacial score (nSPS) is 17.7. The summed E-state index contributed by atoms with van der Waals surface area (Å²) in [5.41, 5.74) is 0.178. The first-order valence-corrected chi connectivity index (χ1v) is 9.89. The molecule has 1 aliphatic rings. The Kier molecular flexibility index (Phi) is 6.55. The number of amides is 3. The van der Waals surface area contributed by atoms with Crippen molar-refractivity contribution in [2.45, 2.75) is 51.6 Å². The van der Waals surface area contributed by atoms with E-state index in [1.54, 1.807) is 28.0 Å². The summed E-state index contributed by atoms with van der Waals surface area (Å²) >= 11 is 1.42. The van der Waals surface area contributed by atoms with Gasteiger partial charge in [-0.25, -0.2) is 9.18 Å². The fourth-order valence-electron chi connectivity index (χ4n) is 2.83. The highest BCUT2D eigenvalue weighted by molar-refractivity contribution is 8.00. The van der Waals surface area contributed by atoms with Gasteiger partial charge in [-0.15, -0.1) is 11.8 Å². The third kappa shape index (κ3) is 5.13. The average Bonchev–Trinajstić information content (AvgIpc) is 2.87. The van der Waals surface area contributed by atoms with Gasteiger partial charge in [-0.2, -0.15) is 0 Å². The lowest BCUT2D eigenvalue weighted by Gasteiger charge is -2.33. The largest absolute Gasteiger partial charge is 0.333 e. The molecule has 0 saturated carbocycles. The molecule has 144 valence electrons. The molecule has 26 heavy (non-hydrogen) atoms. The van der Waals surface area contributed by atoms with E-state index < -0.39 is 0 Å². The second-order valence-corrected chi connectivity index (χ2v) is 8.81. The van der Waals surface area contributed by atoms with E-state index in [4.69, 9.17) is 0 Å². The SMILES string of the molecule is CC(C)N(CCN1C(=O)CSC1c1ccccc1F)C(=O)NC(C)(C)C. The van der Waals surface area contributed by atoms with Crippen LogP contribution in [-0.4, -0.2) is 52.2 Å². The Morgan fingerprint density at radius 1 is 1.38 bits per heavy atom. The van der Waals surface area contributed by atoms with Crippen molar-refractivity contribution in [3.8, 4) is 0 Å². The number of thioether (sulfide) groups is 1. The molecular formula is C19H28FN3O2S. The molecule has 1 fully saturated rings. The van der Waals surface area contributed by atoms with Crippen LogP contribution in [0.4, 0.5) is 9.18 Å². The highest BCUT2D eigenvalue weighted by atomic mass is 32.2.